The largest absolute Gasteiger partial charge is 0.300 e. The number of nitrogens with zero attached hydrogens (tertiary/aromatic N) is 1. The Morgan fingerprint density at radius 2 is 2.15 bits per heavy atom. The molecule has 0 aliphatic heterocycles. The van der Waals surface area contributed by atoms with E-state index >= 15 is 0 Å². The summed E-state index contributed by atoms with van der Waals surface area (Å²) >= 11 is 0. The van der Waals surface area contributed by atoms with Crippen molar-refractivity contribution < 1.29 is 8.78 Å². The third-order valence-corrected chi connectivity index (χ3v) is 1.53. The monoisotopic (exact) mass is 182 g/mol. The van der Waals surface area contributed by atoms with Crippen LogP contribution in [0.1, 0.15) is 5.56 Å². The quantitative estimate of drug-likeness (QED) is 0.569. The van der Waals surface area contributed by atoms with Crippen LogP contribution in [0, 0.1) is 23.0 Å². The third kappa shape index (κ3) is 2.80. The summed E-state index contributed by atoms with van der Waals surface area (Å²) in [6.07, 6.45) is 0. The number of benzene rings is 1. The predicted octanol–water partition coefficient (Wildman–Crippen LogP) is 1.58. The van der Waals surface area contributed by atoms with Gasteiger partial charge in [-0.1, -0.05) is 0 Å². The second kappa shape index (κ2) is 4.53. The summed E-state index contributed by atoms with van der Waals surface area (Å²) in [5.74, 6) is -0.943. The van der Waals surface area contributed by atoms with E-state index in [1.54, 1.807) is 0 Å². The van der Waals surface area contributed by atoms with Gasteiger partial charge in [-0.15, -0.1) is 0 Å². The highest BCUT2D eigenvalue weighted by molar-refractivity contribution is 5.18. The number of hydrogen-bond donors (Lipinski definition) is 1. The summed E-state index contributed by atoms with van der Waals surface area (Å²) in [6, 6.07) is 5.08. The maximum absolute atomic E-state index is 12.9. The Morgan fingerprint density at radius 3 is 2.85 bits per heavy atom. The van der Waals surface area contributed by atoms with Crippen molar-refractivity contribution in [1.29, 1.82) is 5.26 Å². The molecule has 1 N–H and O–H groups in total. The van der Waals surface area contributed by atoms with Gasteiger partial charge in [0.1, 0.15) is 11.6 Å². The van der Waals surface area contributed by atoms with Crippen molar-refractivity contribution in [2.75, 3.05) is 6.54 Å². The molecule has 0 spiro atoms. The molecule has 1 aromatic rings. The molecule has 0 saturated carbocycles. The van der Waals surface area contributed by atoms with Crippen LogP contribution in [0.15, 0.2) is 18.2 Å². The fraction of sp³-hybridized carbons (Fsp3) is 0.222. The molecule has 0 radical (unpaired) electrons. The molecule has 0 aromatic heterocycles. The number of halogens is 2. The van der Waals surface area contributed by atoms with Crippen LogP contribution >= 0.6 is 0 Å². The van der Waals surface area contributed by atoms with Crippen LogP contribution in [-0.2, 0) is 6.54 Å². The number of hydrogen-bond acceptors (Lipinski definition) is 2. The summed E-state index contributed by atoms with van der Waals surface area (Å²) in [7, 11) is 0. The van der Waals surface area contributed by atoms with Crippen LogP contribution in [-0.4, -0.2) is 6.54 Å². The summed E-state index contributed by atoms with van der Waals surface area (Å²) in [4.78, 5) is 0. The molecule has 0 amide bonds. The van der Waals surface area contributed by atoms with Gasteiger partial charge in [0, 0.05) is 12.1 Å². The van der Waals surface area contributed by atoms with E-state index in [0.29, 0.717) is 0 Å². The van der Waals surface area contributed by atoms with Gasteiger partial charge >= 0.3 is 0 Å². The van der Waals surface area contributed by atoms with Gasteiger partial charge in [0.15, 0.2) is 0 Å². The lowest BCUT2D eigenvalue weighted by Crippen LogP contribution is -2.14. The van der Waals surface area contributed by atoms with Crippen LogP contribution in [0.3, 0.4) is 0 Å². The molecule has 68 valence electrons. The van der Waals surface area contributed by atoms with Crippen LogP contribution in [0.25, 0.3) is 0 Å². The van der Waals surface area contributed by atoms with Crippen molar-refractivity contribution in [3.63, 3.8) is 0 Å². The number of nitrogens with one attached hydrogen (secondary N) is 1. The molecule has 0 fully saturated rings. The van der Waals surface area contributed by atoms with E-state index in [-0.39, 0.29) is 18.7 Å². The smallest absolute Gasteiger partial charge is 0.127 e. The summed E-state index contributed by atoms with van der Waals surface area (Å²) in [5, 5.41) is 10.8. The minimum Gasteiger partial charge on any atom is -0.300 e. The molecule has 1 aromatic carbocycles. The second-order valence-corrected chi connectivity index (χ2v) is 2.50. The fourth-order valence-corrected chi connectivity index (χ4v) is 0.932. The molecule has 0 saturated heterocycles. The molecule has 0 aliphatic rings. The number of nitriles is 1. The normalized spacial score (nSPS) is 9.62. The highest BCUT2D eigenvalue weighted by Gasteiger charge is 2.02. The van der Waals surface area contributed by atoms with Gasteiger partial charge < -0.3 is 5.32 Å². The van der Waals surface area contributed by atoms with Gasteiger partial charge in [0.05, 0.1) is 12.6 Å². The Bertz CT molecular complexity index is 331. The molecule has 0 unspecified atom stereocenters. The lowest BCUT2D eigenvalue weighted by atomic mass is 10.2. The average molecular weight is 182 g/mol. The molecule has 2 nitrogen and oxygen atoms in total. The first-order chi connectivity index (χ1) is 6.24. The predicted molar refractivity (Wildman–Crippen MR) is 43.7 cm³/mol. The molecule has 1 rings (SSSR count). The Hall–Kier alpha value is -1.47. The number of rotatable bonds is 3. The van der Waals surface area contributed by atoms with Gasteiger partial charge in [-0.25, -0.2) is 8.78 Å². The van der Waals surface area contributed by atoms with E-state index in [1.807, 2.05) is 6.07 Å². The van der Waals surface area contributed by atoms with Crippen LogP contribution < -0.4 is 5.32 Å². The van der Waals surface area contributed by atoms with E-state index in [4.69, 9.17) is 5.26 Å². The Labute approximate surface area is 74.8 Å². The van der Waals surface area contributed by atoms with Crippen molar-refractivity contribution >= 4 is 0 Å². The van der Waals surface area contributed by atoms with E-state index in [1.165, 1.54) is 0 Å². The fourth-order valence-electron chi connectivity index (χ4n) is 0.932. The SMILES string of the molecule is N#CCNCc1cc(F)ccc1F. The molecule has 0 heterocycles. The molecule has 0 atom stereocenters. The highest BCUT2D eigenvalue weighted by Crippen LogP contribution is 2.08. The Kier molecular flexibility index (Phi) is 3.35. The Morgan fingerprint density at radius 1 is 1.38 bits per heavy atom. The molecule has 13 heavy (non-hydrogen) atoms. The topological polar surface area (TPSA) is 35.8 Å². The maximum atomic E-state index is 12.9. The molecular formula is C9H8F2N2. The summed E-state index contributed by atoms with van der Waals surface area (Å²) in [6.45, 7) is 0.285. The third-order valence-electron chi connectivity index (χ3n) is 1.53. The van der Waals surface area contributed by atoms with E-state index < -0.39 is 11.6 Å². The van der Waals surface area contributed by atoms with Crippen LogP contribution in [0.4, 0.5) is 8.78 Å². The van der Waals surface area contributed by atoms with Crippen LogP contribution in [0.2, 0.25) is 0 Å². The van der Waals surface area contributed by atoms with Crippen molar-refractivity contribution in [1.82, 2.24) is 5.32 Å². The molecular weight excluding hydrogens is 174 g/mol. The minimum atomic E-state index is -0.477. The van der Waals surface area contributed by atoms with Gasteiger partial charge in [0.25, 0.3) is 0 Å². The van der Waals surface area contributed by atoms with Crippen molar-refractivity contribution in [3.05, 3.63) is 35.4 Å². The first-order valence-electron chi connectivity index (χ1n) is 3.75. The summed E-state index contributed by atoms with van der Waals surface area (Å²) in [5.41, 5.74) is 0.232. The van der Waals surface area contributed by atoms with E-state index in [0.717, 1.165) is 18.2 Å². The minimum absolute atomic E-state index is 0.121. The maximum Gasteiger partial charge on any atom is 0.127 e. The van der Waals surface area contributed by atoms with Gasteiger partial charge in [-0.3, -0.25) is 0 Å². The van der Waals surface area contributed by atoms with E-state index in [2.05, 4.69) is 5.32 Å². The highest BCUT2D eigenvalue weighted by atomic mass is 19.1. The standard InChI is InChI=1S/C9H8F2N2/c10-8-1-2-9(11)7(5-8)6-13-4-3-12/h1-2,5,13H,4,6H2. The zero-order chi connectivity index (χ0) is 9.68. The lowest BCUT2D eigenvalue weighted by Gasteiger charge is -2.02. The van der Waals surface area contributed by atoms with Crippen molar-refractivity contribution in [3.8, 4) is 6.07 Å². The zero-order valence-electron chi connectivity index (χ0n) is 6.85. The zero-order valence-corrected chi connectivity index (χ0v) is 6.85. The molecule has 0 bridgehead atoms. The first-order valence-corrected chi connectivity index (χ1v) is 3.75. The molecule has 4 heteroatoms. The van der Waals surface area contributed by atoms with Gasteiger partial charge in [0.2, 0.25) is 0 Å². The summed E-state index contributed by atoms with van der Waals surface area (Å²) < 4.78 is 25.5. The van der Waals surface area contributed by atoms with E-state index in [9.17, 15) is 8.78 Å². The second-order valence-electron chi connectivity index (χ2n) is 2.50. The first kappa shape index (κ1) is 9.62. The van der Waals surface area contributed by atoms with Crippen molar-refractivity contribution in [2.24, 2.45) is 0 Å². The van der Waals surface area contributed by atoms with Gasteiger partial charge in [-0.2, -0.15) is 5.26 Å². The van der Waals surface area contributed by atoms with Crippen LogP contribution in [0.5, 0.6) is 0 Å². The Balaban J connectivity index is 2.65. The molecule has 0 aliphatic carbocycles. The lowest BCUT2D eigenvalue weighted by molar-refractivity contribution is 0.575. The van der Waals surface area contributed by atoms with Crippen molar-refractivity contribution in [2.45, 2.75) is 6.54 Å². The average Bonchev–Trinajstić information content (AvgIpc) is 2.11. The van der Waals surface area contributed by atoms with Gasteiger partial charge in [-0.05, 0) is 18.2 Å².